The number of carbonyl (C=O) groups is 1. The van der Waals surface area contributed by atoms with Gasteiger partial charge < -0.3 is 10.1 Å². The second-order valence-electron chi connectivity index (χ2n) is 6.05. The lowest BCUT2D eigenvalue weighted by Gasteiger charge is -2.21. The van der Waals surface area contributed by atoms with Crippen molar-refractivity contribution in [3.05, 3.63) is 48.0 Å². The van der Waals surface area contributed by atoms with Crippen LogP contribution in [0.25, 0.3) is 10.8 Å². The Labute approximate surface area is 136 Å². The van der Waals surface area contributed by atoms with Gasteiger partial charge in [-0.15, -0.1) is 0 Å². The summed E-state index contributed by atoms with van der Waals surface area (Å²) in [6.45, 7) is 3.77. The molecule has 2 aromatic carbocycles. The zero-order chi connectivity index (χ0) is 16.2. The van der Waals surface area contributed by atoms with Gasteiger partial charge in [-0.2, -0.15) is 0 Å². The van der Waals surface area contributed by atoms with Gasteiger partial charge in [0.05, 0.1) is 7.11 Å². The standard InChI is InChI=1S/C18H23N3O2/c1-12-16(11-20-21-12)10-19-17(18(22)23-2)15-8-7-13-5-3-4-6-14(13)9-15/h3-9,12,16-17,19-21H,10-11H2,1-2H3. The van der Waals surface area contributed by atoms with Crippen LogP contribution in [0.2, 0.25) is 0 Å². The first-order chi connectivity index (χ1) is 11.2. The number of rotatable bonds is 5. The molecule has 1 aliphatic rings. The monoisotopic (exact) mass is 313 g/mol. The van der Waals surface area contributed by atoms with Crippen LogP contribution in [-0.2, 0) is 9.53 Å². The Balaban J connectivity index is 1.80. The van der Waals surface area contributed by atoms with E-state index in [0.717, 1.165) is 29.4 Å². The smallest absolute Gasteiger partial charge is 0.327 e. The molecule has 0 spiro atoms. The van der Waals surface area contributed by atoms with E-state index >= 15 is 0 Å². The van der Waals surface area contributed by atoms with Crippen molar-refractivity contribution in [3.8, 4) is 0 Å². The predicted molar refractivity (Wildman–Crippen MR) is 90.8 cm³/mol. The molecular weight excluding hydrogens is 290 g/mol. The van der Waals surface area contributed by atoms with E-state index in [-0.39, 0.29) is 5.97 Å². The SMILES string of the molecule is COC(=O)C(NCC1CNNC1C)c1ccc2ccccc2c1. The van der Waals surface area contributed by atoms with Gasteiger partial charge in [0.2, 0.25) is 0 Å². The summed E-state index contributed by atoms with van der Waals surface area (Å²) < 4.78 is 4.99. The van der Waals surface area contributed by atoms with Gasteiger partial charge in [-0.25, -0.2) is 4.79 Å². The molecule has 0 aromatic heterocycles. The highest BCUT2D eigenvalue weighted by Gasteiger charge is 2.26. The van der Waals surface area contributed by atoms with Crippen LogP contribution in [-0.4, -0.2) is 32.2 Å². The van der Waals surface area contributed by atoms with Crippen LogP contribution in [0.5, 0.6) is 0 Å². The lowest BCUT2D eigenvalue weighted by Crippen LogP contribution is -2.37. The lowest BCUT2D eigenvalue weighted by atomic mass is 9.99. The maximum atomic E-state index is 12.2. The van der Waals surface area contributed by atoms with E-state index in [9.17, 15) is 4.79 Å². The third kappa shape index (κ3) is 3.52. The second kappa shape index (κ2) is 7.08. The first-order valence-corrected chi connectivity index (χ1v) is 7.97. The number of methoxy groups -OCH3 is 1. The number of hydrazine groups is 1. The number of hydrogen-bond donors (Lipinski definition) is 3. The number of benzene rings is 2. The van der Waals surface area contributed by atoms with E-state index in [0.29, 0.717) is 12.0 Å². The first-order valence-electron chi connectivity index (χ1n) is 7.97. The Hall–Kier alpha value is -1.95. The summed E-state index contributed by atoms with van der Waals surface area (Å²) in [6, 6.07) is 14.2. The minimum absolute atomic E-state index is 0.258. The Kier molecular flexibility index (Phi) is 4.91. The number of carbonyl (C=O) groups excluding carboxylic acids is 1. The quantitative estimate of drug-likeness (QED) is 0.734. The highest BCUT2D eigenvalue weighted by Crippen LogP contribution is 2.22. The molecule has 3 rings (SSSR count). The maximum Gasteiger partial charge on any atom is 0.327 e. The van der Waals surface area contributed by atoms with Gasteiger partial charge in [0, 0.05) is 25.0 Å². The van der Waals surface area contributed by atoms with Gasteiger partial charge in [0.25, 0.3) is 0 Å². The van der Waals surface area contributed by atoms with E-state index in [1.54, 1.807) is 0 Å². The summed E-state index contributed by atoms with van der Waals surface area (Å²) in [6.07, 6.45) is 0. The molecule has 0 amide bonds. The van der Waals surface area contributed by atoms with Crippen molar-refractivity contribution in [1.29, 1.82) is 0 Å². The molecule has 3 N–H and O–H groups in total. The fourth-order valence-electron chi connectivity index (χ4n) is 3.01. The predicted octanol–water partition coefficient (Wildman–Crippen LogP) is 1.76. The van der Waals surface area contributed by atoms with Gasteiger partial charge in [-0.05, 0) is 29.3 Å². The van der Waals surface area contributed by atoms with Crippen LogP contribution < -0.4 is 16.2 Å². The first kappa shape index (κ1) is 15.9. The molecule has 0 radical (unpaired) electrons. The van der Waals surface area contributed by atoms with Gasteiger partial charge in [0.1, 0.15) is 6.04 Å². The number of nitrogens with one attached hydrogen (secondary N) is 3. The second-order valence-corrected chi connectivity index (χ2v) is 6.05. The van der Waals surface area contributed by atoms with E-state index in [2.05, 4.69) is 41.3 Å². The van der Waals surface area contributed by atoms with Crippen molar-refractivity contribution in [3.63, 3.8) is 0 Å². The normalized spacial score (nSPS) is 22.2. The van der Waals surface area contributed by atoms with E-state index in [1.165, 1.54) is 7.11 Å². The third-order valence-corrected chi connectivity index (χ3v) is 4.53. The average molecular weight is 313 g/mol. The largest absolute Gasteiger partial charge is 0.468 e. The van der Waals surface area contributed by atoms with E-state index in [1.807, 2.05) is 24.3 Å². The molecule has 0 bridgehead atoms. The van der Waals surface area contributed by atoms with Crippen LogP contribution in [0.4, 0.5) is 0 Å². The Morgan fingerprint density at radius 1 is 1.30 bits per heavy atom. The number of esters is 1. The summed E-state index contributed by atoms with van der Waals surface area (Å²) in [5, 5.41) is 5.66. The minimum Gasteiger partial charge on any atom is -0.468 e. The molecular formula is C18H23N3O2. The van der Waals surface area contributed by atoms with Crippen molar-refractivity contribution < 1.29 is 9.53 Å². The van der Waals surface area contributed by atoms with Crippen molar-refractivity contribution in [2.24, 2.45) is 5.92 Å². The number of ether oxygens (including phenoxy) is 1. The molecule has 0 aliphatic carbocycles. The Bertz CT molecular complexity index is 689. The molecule has 1 aliphatic heterocycles. The van der Waals surface area contributed by atoms with Gasteiger partial charge in [-0.1, -0.05) is 36.4 Å². The summed E-state index contributed by atoms with van der Waals surface area (Å²) in [5.41, 5.74) is 7.27. The summed E-state index contributed by atoms with van der Waals surface area (Å²) in [7, 11) is 1.43. The van der Waals surface area contributed by atoms with Crippen LogP contribution in [0.15, 0.2) is 42.5 Å². The number of fused-ring (bicyclic) bond motifs is 1. The Morgan fingerprint density at radius 2 is 2.09 bits per heavy atom. The molecule has 23 heavy (non-hydrogen) atoms. The van der Waals surface area contributed by atoms with Crippen LogP contribution in [0, 0.1) is 5.92 Å². The molecule has 3 unspecified atom stereocenters. The third-order valence-electron chi connectivity index (χ3n) is 4.53. The van der Waals surface area contributed by atoms with Crippen LogP contribution in [0.3, 0.4) is 0 Å². The average Bonchev–Trinajstić information content (AvgIpc) is 2.99. The van der Waals surface area contributed by atoms with E-state index in [4.69, 9.17) is 4.74 Å². The zero-order valence-electron chi connectivity index (χ0n) is 13.5. The van der Waals surface area contributed by atoms with Gasteiger partial charge in [-0.3, -0.25) is 10.9 Å². The zero-order valence-corrected chi connectivity index (χ0v) is 13.5. The van der Waals surface area contributed by atoms with Crippen molar-refractivity contribution in [1.82, 2.24) is 16.2 Å². The van der Waals surface area contributed by atoms with Crippen molar-refractivity contribution >= 4 is 16.7 Å². The highest BCUT2D eigenvalue weighted by atomic mass is 16.5. The van der Waals surface area contributed by atoms with Crippen molar-refractivity contribution in [2.45, 2.75) is 19.0 Å². The Morgan fingerprint density at radius 3 is 2.78 bits per heavy atom. The molecule has 3 atom stereocenters. The van der Waals surface area contributed by atoms with Gasteiger partial charge in [0.15, 0.2) is 0 Å². The van der Waals surface area contributed by atoms with Crippen LogP contribution in [0.1, 0.15) is 18.5 Å². The maximum absolute atomic E-state index is 12.2. The minimum atomic E-state index is -0.447. The fraction of sp³-hybridized carbons (Fsp3) is 0.389. The molecule has 5 heteroatoms. The molecule has 0 saturated carbocycles. The summed E-state index contributed by atoms with van der Waals surface area (Å²) in [5.74, 6) is 0.175. The number of hydrogen-bond acceptors (Lipinski definition) is 5. The van der Waals surface area contributed by atoms with Crippen LogP contribution >= 0.6 is 0 Å². The molecule has 5 nitrogen and oxygen atoms in total. The molecule has 2 aromatic rings. The summed E-state index contributed by atoms with van der Waals surface area (Å²) >= 11 is 0. The highest BCUT2D eigenvalue weighted by molar-refractivity contribution is 5.85. The van der Waals surface area contributed by atoms with E-state index < -0.39 is 6.04 Å². The van der Waals surface area contributed by atoms with Gasteiger partial charge >= 0.3 is 5.97 Å². The topological polar surface area (TPSA) is 62.4 Å². The molecule has 1 heterocycles. The fourth-order valence-corrected chi connectivity index (χ4v) is 3.01. The molecule has 1 saturated heterocycles. The lowest BCUT2D eigenvalue weighted by molar-refractivity contribution is -0.143. The summed E-state index contributed by atoms with van der Waals surface area (Å²) in [4.78, 5) is 12.2. The molecule has 1 fully saturated rings. The molecule has 122 valence electrons. The van der Waals surface area contributed by atoms with Crippen molar-refractivity contribution in [2.75, 3.05) is 20.2 Å².